The molecule has 0 bridgehead atoms. The number of amides is 1. The molecule has 0 saturated carbocycles. The van der Waals surface area contributed by atoms with E-state index >= 15 is 0 Å². The molecule has 4 rings (SSSR count). The quantitative estimate of drug-likeness (QED) is 0.501. The number of halogens is 2. The number of nitrogens with zero attached hydrogens (tertiary/aromatic N) is 3. The molecule has 6 nitrogen and oxygen atoms in total. The zero-order valence-corrected chi connectivity index (χ0v) is 16.6. The first kappa shape index (κ1) is 18.5. The Morgan fingerprint density at radius 2 is 2.00 bits per heavy atom. The Bertz CT molecular complexity index is 1210. The molecule has 0 spiro atoms. The number of anilines is 1. The molecule has 2 heterocycles. The molecule has 0 saturated heterocycles. The van der Waals surface area contributed by atoms with Crippen LogP contribution in [0.1, 0.15) is 11.6 Å². The summed E-state index contributed by atoms with van der Waals surface area (Å²) in [6.45, 7) is 0. The first-order valence-electron chi connectivity index (χ1n) is 8.16. The lowest BCUT2D eigenvalue weighted by Gasteiger charge is -2.19. The Labute approximate surface area is 170 Å². The third kappa shape index (κ3) is 3.46. The maximum atomic E-state index is 14.0. The number of carbonyl (C=O) groups excluding carboxylic acids is 1. The number of thiazole rings is 1. The summed E-state index contributed by atoms with van der Waals surface area (Å²) in [5.41, 5.74) is 0.415. The number of hydrogen-bond acceptors (Lipinski definition) is 5. The van der Waals surface area contributed by atoms with Crippen LogP contribution in [0.3, 0.4) is 0 Å². The lowest BCUT2D eigenvalue weighted by molar-refractivity contribution is -0.118. The maximum absolute atomic E-state index is 14.0. The molecule has 0 aliphatic heterocycles. The highest BCUT2D eigenvalue weighted by molar-refractivity contribution is 9.10. The highest BCUT2D eigenvalue weighted by Gasteiger charge is 2.25. The number of carbonyl (C=O) groups is 1. The molecule has 0 aliphatic rings. The van der Waals surface area contributed by atoms with Gasteiger partial charge in [0.2, 0.25) is 0 Å². The minimum Gasteiger partial charge on any atom is -0.300 e. The molecule has 9 heteroatoms. The molecule has 140 valence electrons. The topological polar surface area (TPSA) is 76.9 Å². The Kier molecular flexibility index (Phi) is 5.01. The van der Waals surface area contributed by atoms with E-state index in [2.05, 4.69) is 31.2 Å². The second kappa shape index (κ2) is 7.61. The normalized spacial score (nSPS) is 12.1. The van der Waals surface area contributed by atoms with Crippen LogP contribution in [0.5, 0.6) is 0 Å². The van der Waals surface area contributed by atoms with Gasteiger partial charge >= 0.3 is 0 Å². The number of benzene rings is 2. The predicted octanol–water partition coefficient (Wildman–Crippen LogP) is 3.98. The fraction of sp³-hybridized carbons (Fsp3) is 0.0526. The number of fused-ring (bicyclic) bond motifs is 1. The number of aromatic nitrogens is 3. The summed E-state index contributed by atoms with van der Waals surface area (Å²) in [5, 5.41) is 4.96. The zero-order valence-electron chi connectivity index (χ0n) is 14.2. The largest absolute Gasteiger partial charge is 0.300 e. The standard InChI is InChI=1S/C19H12BrFN4O2S/c20-13-9-15-12(8-14(13)21)18(27)25(10-23-15)16(11-4-2-1-3-5-11)17(26)24-19-22-6-7-28-19/h1-10,16H,(H,22,24,26). The highest BCUT2D eigenvalue weighted by Crippen LogP contribution is 2.23. The van der Waals surface area contributed by atoms with Crippen molar-refractivity contribution < 1.29 is 9.18 Å². The number of rotatable bonds is 4. The van der Waals surface area contributed by atoms with E-state index in [0.717, 1.165) is 6.07 Å². The third-order valence-electron chi connectivity index (χ3n) is 4.13. The molecule has 1 N–H and O–H groups in total. The van der Waals surface area contributed by atoms with Crippen molar-refractivity contribution >= 4 is 49.2 Å². The van der Waals surface area contributed by atoms with E-state index < -0.39 is 23.3 Å². The van der Waals surface area contributed by atoms with Gasteiger partial charge in [0.25, 0.3) is 11.5 Å². The van der Waals surface area contributed by atoms with Crippen LogP contribution < -0.4 is 10.9 Å². The first-order valence-corrected chi connectivity index (χ1v) is 9.83. The highest BCUT2D eigenvalue weighted by atomic mass is 79.9. The fourth-order valence-electron chi connectivity index (χ4n) is 2.85. The van der Waals surface area contributed by atoms with Gasteiger partial charge in [-0.15, -0.1) is 11.3 Å². The molecule has 0 radical (unpaired) electrons. The maximum Gasteiger partial charge on any atom is 0.262 e. The molecular formula is C19H12BrFN4O2S. The molecule has 0 fully saturated rings. The zero-order chi connectivity index (χ0) is 19.7. The third-order valence-corrected chi connectivity index (χ3v) is 5.43. The van der Waals surface area contributed by atoms with E-state index in [9.17, 15) is 14.0 Å². The molecule has 2 aromatic heterocycles. The molecule has 1 unspecified atom stereocenters. The molecular weight excluding hydrogens is 447 g/mol. The van der Waals surface area contributed by atoms with Gasteiger partial charge in [0.05, 0.1) is 21.7 Å². The van der Waals surface area contributed by atoms with Crippen LogP contribution in [-0.2, 0) is 4.79 Å². The molecule has 1 amide bonds. The van der Waals surface area contributed by atoms with Gasteiger partial charge in [-0.25, -0.2) is 14.4 Å². The minimum absolute atomic E-state index is 0.0891. The molecule has 0 aliphatic carbocycles. The average Bonchev–Trinajstić information content (AvgIpc) is 3.19. The molecule has 1 atom stereocenters. The van der Waals surface area contributed by atoms with Crippen LogP contribution in [0.2, 0.25) is 0 Å². The van der Waals surface area contributed by atoms with Gasteiger partial charge < -0.3 is 0 Å². The smallest absolute Gasteiger partial charge is 0.262 e. The molecule has 4 aromatic rings. The number of hydrogen-bond donors (Lipinski definition) is 1. The SMILES string of the molecule is O=C(Nc1nccs1)C(c1ccccc1)n1cnc2cc(Br)c(F)cc2c1=O. The van der Waals surface area contributed by atoms with Crippen molar-refractivity contribution in [2.24, 2.45) is 0 Å². The Morgan fingerprint density at radius 1 is 1.21 bits per heavy atom. The van der Waals surface area contributed by atoms with E-state index in [1.54, 1.807) is 35.8 Å². The Balaban J connectivity index is 1.87. The van der Waals surface area contributed by atoms with E-state index in [4.69, 9.17) is 0 Å². The van der Waals surface area contributed by atoms with Gasteiger partial charge in [-0.05, 0) is 33.6 Å². The van der Waals surface area contributed by atoms with Crippen LogP contribution in [0, 0.1) is 5.82 Å². The van der Waals surface area contributed by atoms with Crippen LogP contribution in [0.4, 0.5) is 9.52 Å². The fourth-order valence-corrected chi connectivity index (χ4v) is 3.71. The van der Waals surface area contributed by atoms with Gasteiger partial charge in [0.1, 0.15) is 11.9 Å². The second-order valence-corrected chi connectivity index (χ2v) is 7.63. The summed E-state index contributed by atoms with van der Waals surface area (Å²) in [5.74, 6) is -1.02. The van der Waals surface area contributed by atoms with Crippen LogP contribution in [0.15, 0.2) is 69.6 Å². The Morgan fingerprint density at radius 3 is 2.71 bits per heavy atom. The van der Waals surface area contributed by atoms with Gasteiger partial charge in [0.15, 0.2) is 5.13 Å². The first-order chi connectivity index (χ1) is 13.5. The lowest BCUT2D eigenvalue weighted by atomic mass is 10.1. The van der Waals surface area contributed by atoms with Crippen molar-refractivity contribution in [3.63, 3.8) is 0 Å². The summed E-state index contributed by atoms with van der Waals surface area (Å²) in [4.78, 5) is 34.4. The van der Waals surface area contributed by atoms with Crippen LogP contribution >= 0.6 is 27.3 Å². The Hall–Kier alpha value is -2.91. The van der Waals surface area contributed by atoms with Gasteiger partial charge in [-0.2, -0.15) is 0 Å². The van der Waals surface area contributed by atoms with E-state index in [-0.39, 0.29) is 9.86 Å². The van der Waals surface area contributed by atoms with Crippen molar-refractivity contribution in [3.05, 3.63) is 86.6 Å². The van der Waals surface area contributed by atoms with Crippen LogP contribution in [0.25, 0.3) is 10.9 Å². The van der Waals surface area contributed by atoms with E-state index in [1.807, 2.05) is 6.07 Å². The van der Waals surface area contributed by atoms with Crippen molar-refractivity contribution in [3.8, 4) is 0 Å². The average molecular weight is 459 g/mol. The van der Waals surface area contributed by atoms with Crippen molar-refractivity contribution in [1.29, 1.82) is 0 Å². The molecule has 2 aromatic carbocycles. The van der Waals surface area contributed by atoms with Crippen LogP contribution in [-0.4, -0.2) is 20.4 Å². The number of nitrogens with one attached hydrogen (secondary N) is 1. The van der Waals surface area contributed by atoms with Crippen molar-refractivity contribution in [2.75, 3.05) is 5.32 Å². The second-order valence-electron chi connectivity index (χ2n) is 5.88. The van der Waals surface area contributed by atoms with Gasteiger partial charge in [-0.1, -0.05) is 30.3 Å². The molecule has 28 heavy (non-hydrogen) atoms. The summed E-state index contributed by atoms with van der Waals surface area (Å²) < 4.78 is 15.4. The summed E-state index contributed by atoms with van der Waals surface area (Å²) in [6, 6.07) is 10.4. The summed E-state index contributed by atoms with van der Waals surface area (Å²) >= 11 is 4.36. The predicted molar refractivity (Wildman–Crippen MR) is 109 cm³/mol. The van der Waals surface area contributed by atoms with E-state index in [0.29, 0.717) is 16.2 Å². The van der Waals surface area contributed by atoms with Crippen molar-refractivity contribution in [2.45, 2.75) is 6.04 Å². The lowest BCUT2D eigenvalue weighted by Crippen LogP contribution is -2.34. The van der Waals surface area contributed by atoms with Crippen molar-refractivity contribution in [1.82, 2.24) is 14.5 Å². The van der Waals surface area contributed by atoms with Gasteiger partial charge in [0, 0.05) is 11.6 Å². The van der Waals surface area contributed by atoms with Gasteiger partial charge in [-0.3, -0.25) is 19.5 Å². The minimum atomic E-state index is -0.985. The monoisotopic (exact) mass is 458 g/mol. The summed E-state index contributed by atoms with van der Waals surface area (Å²) in [7, 11) is 0. The summed E-state index contributed by atoms with van der Waals surface area (Å²) in [6.07, 6.45) is 2.87. The van der Waals surface area contributed by atoms with E-state index in [1.165, 1.54) is 28.3 Å².